The molecule has 0 saturated carbocycles. The Balaban J connectivity index is 2.16. The first kappa shape index (κ1) is 15.1. The van der Waals surface area contributed by atoms with E-state index in [4.69, 9.17) is 9.26 Å². The summed E-state index contributed by atoms with van der Waals surface area (Å²) in [5, 5.41) is 6.54. The van der Waals surface area contributed by atoms with E-state index >= 15 is 0 Å². The minimum atomic E-state index is -0.0889. The van der Waals surface area contributed by atoms with Crippen molar-refractivity contribution >= 4 is 11.8 Å². The summed E-state index contributed by atoms with van der Waals surface area (Å²) in [6, 6.07) is 7.49. The number of rotatable bonds is 4. The number of ether oxygens (including phenoxy) is 1. The fourth-order valence-corrected chi connectivity index (χ4v) is 1.96. The molecule has 1 aromatic heterocycles. The topological polar surface area (TPSA) is 64.4 Å². The Hall–Kier alpha value is -2.30. The van der Waals surface area contributed by atoms with Crippen LogP contribution in [-0.4, -0.2) is 18.2 Å². The van der Waals surface area contributed by atoms with Crippen molar-refractivity contribution in [2.75, 3.05) is 12.4 Å². The van der Waals surface area contributed by atoms with Crippen LogP contribution >= 0.6 is 0 Å². The minimum absolute atomic E-state index is 0.0790. The first-order valence-corrected chi connectivity index (χ1v) is 6.78. The number of amides is 1. The van der Waals surface area contributed by atoms with Crippen molar-refractivity contribution in [2.45, 2.75) is 27.2 Å². The lowest BCUT2D eigenvalue weighted by Crippen LogP contribution is -2.19. The summed E-state index contributed by atoms with van der Waals surface area (Å²) in [4.78, 5) is 12.0. The molecule has 0 fully saturated rings. The number of hydrogen-bond acceptors (Lipinski definition) is 4. The Bertz CT molecular complexity index is 609. The third kappa shape index (κ3) is 4.08. The number of carbonyl (C=O) groups excluding carboxylic acids is 1. The van der Waals surface area contributed by atoms with Crippen molar-refractivity contribution in [1.82, 2.24) is 5.16 Å². The molecule has 1 heterocycles. The summed E-state index contributed by atoms with van der Waals surface area (Å²) < 4.78 is 10.3. The van der Waals surface area contributed by atoms with E-state index in [1.54, 1.807) is 13.3 Å². The van der Waals surface area contributed by atoms with Crippen molar-refractivity contribution in [2.24, 2.45) is 5.41 Å². The number of nitrogens with zero attached hydrogens (tertiary/aromatic N) is 1. The number of carbonyl (C=O) groups is 1. The van der Waals surface area contributed by atoms with Gasteiger partial charge in [0.05, 0.1) is 18.9 Å². The van der Waals surface area contributed by atoms with Gasteiger partial charge in [-0.2, -0.15) is 0 Å². The Kier molecular flexibility index (Phi) is 4.31. The lowest BCUT2D eigenvalue weighted by atomic mass is 9.92. The summed E-state index contributed by atoms with van der Waals surface area (Å²) in [6.45, 7) is 6.03. The van der Waals surface area contributed by atoms with E-state index in [0.29, 0.717) is 12.3 Å². The number of hydrogen-bond donors (Lipinski definition) is 1. The molecule has 2 aromatic rings. The second kappa shape index (κ2) is 5.99. The summed E-state index contributed by atoms with van der Waals surface area (Å²) in [7, 11) is 1.62. The van der Waals surface area contributed by atoms with E-state index < -0.39 is 0 Å². The van der Waals surface area contributed by atoms with E-state index in [0.717, 1.165) is 16.9 Å². The molecule has 0 saturated heterocycles. The van der Waals surface area contributed by atoms with Crippen LogP contribution < -0.4 is 10.1 Å². The highest BCUT2D eigenvalue weighted by Gasteiger charge is 2.19. The van der Waals surface area contributed by atoms with Crippen LogP contribution in [0.5, 0.6) is 5.75 Å². The van der Waals surface area contributed by atoms with Crippen molar-refractivity contribution in [1.29, 1.82) is 0 Å². The highest BCUT2D eigenvalue weighted by molar-refractivity contribution is 5.93. The summed E-state index contributed by atoms with van der Waals surface area (Å²) in [6.07, 6.45) is 2.00. The molecule has 0 aliphatic rings. The molecule has 0 aliphatic heterocycles. The monoisotopic (exact) mass is 288 g/mol. The molecule has 5 nitrogen and oxygen atoms in total. The highest BCUT2D eigenvalue weighted by atomic mass is 16.5. The summed E-state index contributed by atoms with van der Waals surface area (Å²) in [5.74, 6) is 1.05. The lowest BCUT2D eigenvalue weighted by Gasteiger charge is -2.16. The first-order chi connectivity index (χ1) is 9.89. The minimum Gasteiger partial charge on any atom is -0.497 e. The number of anilines is 1. The zero-order valence-corrected chi connectivity index (χ0v) is 12.8. The molecule has 5 heteroatoms. The fourth-order valence-electron chi connectivity index (χ4n) is 1.96. The molecule has 0 radical (unpaired) electrons. The van der Waals surface area contributed by atoms with Gasteiger partial charge in [0.1, 0.15) is 5.75 Å². The average Bonchev–Trinajstić information content (AvgIpc) is 2.84. The predicted molar refractivity (Wildman–Crippen MR) is 81.2 cm³/mol. The van der Waals surface area contributed by atoms with Gasteiger partial charge < -0.3 is 9.26 Å². The maximum absolute atomic E-state index is 12.0. The van der Waals surface area contributed by atoms with E-state index in [-0.39, 0.29) is 11.3 Å². The Morgan fingerprint density at radius 2 is 1.95 bits per heavy atom. The number of nitrogens with one attached hydrogen (secondary N) is 1. The zero-order valence-electron chi connectivity index (χ0n) is 12.8. The largest absolute Gasteiger partial charge is 0.497 e. The van der Waals surface area contributed by atoms with Gasteiger partial charge in [0, 0.05) is 6.42 Å². The Morgan fingerprint density at radius 3 is 2.52 bits per heavy atom. The lowest BCUT2D eigenvalue weighted by molar-refractivity contribution is -0.117. The fraction of sp³-hybridized carbons (Fsp3) is 0.375. The zero-order chi connectivity index (χ0) is 15.5. The van der Waals surface area contributed by atoms with Gasteiger partial charge in [-0.1, -0.05) is 38.1 Å². The standard InChI is InChI=1S/C16H20N2O3/c1-16(2,3)9-14(19)18-15-13(10-17-21-15)11-5-7-12(20-4)8-6-11/h5-8,10H,9H2,1-4H3,(H,18,19). The van der Waals surface area contributed by atoms with Crippen LogP contribution in [-0.2, 0) is 4.79 Å². The second-order valence-electron chi connectivity index (χ2n) is 6.08. The molecule has 112 valence electrons. The number of benzene rings is 1. The molecule has 1 N–H and O–H groups in total. The van der Waals surface area contributed by atoms with Crippen molar-refractivity contribution < 1.29 is 14.1 Å². The second-order valence-corrected chi connectivity index (χ2v) is 6.08. The van der Waals surface area contributed by atoms with Gasteiger partial charge in [-0.3, -0.25) is 10.1 Å². The van der Waals surface area contributed by atoms with Crippen LogP contribution in [0.25, 0.3) is 11.1 Å². The molecule has 1 amide bonds. The predicted octanol–water partition coefficient (Wildman–Crippen LogP) is 3.72. The molecular weight excluding hydrogens is 268 g/mol. The Labute approximate surface area is 124 Å². The SMILES string of the molecule is COc1ccc(-c2cnoc2NC(=O)CC(C)(C)C)cc1. The molecule has 0 aliphatic carbocycles. The third-order valence-electron chi connectivity index (χ3n) is 2.92. The Morgan fingerprint density at radius 1 is 1.29 bits per heavy atom. The van der Waals surface area contributed by atoms with Gasteiger partial charge in [-0.15, -0.1) is 0 Å². The van der Waals surface area contributed by atoms with Gasteiger partial charge in [-0.25, -0.2) is 0 Å². The van der Waals surface area contributed by atoms with Gasteiger partial charge in [0.2, 0.25) is 11.8 Å². The smallest absolute Gasteiger partial charge is 0.239 e. The van der Waals surface area contributed by atoms with Crippen LogP contribution in [0, 0.1) is 5.41 Å². The van der Waals surface area contributed by atoms with Gasteiger partial charge in [-0.05, 0) is 23.1 Å². The third-order valence-corrected chi connectivity index (χ3v) is 2.92. The summed E-state index contributed by atoms with van der Waals surface area (Å²) >= 11 is 0. The van der Waals surface area contributed by atoms with Crippen LogP contribution in [0.2, 0.25) is 0 Å². The normalized spacial score (nSPS) is 11.2. The van der Waals surface area contributed by atoms with Crippen LogP contribution in [0.15, 0.2) is 35.0 Å². The van der Waals surface area contributed by atoms with E-state index in [2.05, 4.69) is 10.5 Å². The summed E-state index contributed by atoms with van der Waals surface area (Å²) in [5.41, 5.74) is 1.58. The number of aromatic nitrogens is 1. The van der Waals surface area contributed by atoms with E-state index in [9.17, 15) is 4.79 Å². The average molecular weight is 288 g/mol. The molecule has 0 atom stereocenters. The molecule has 1 aromatic carbocycles. The van der Waals surface area contributed by atoms with Gasteiger partial charge >= 0.3 is 0 Å². The number of methoxy groups -OCH3 is 1. The highest BCUT2D eigenvalue weighted by Crippen LogP contribution is 2.30. The van der Waals surface area contributed by atoms with Crippen molar-refractivity contribution in [3.8, 4) is 16.9 Å². The van der Waals surface area contributed by atoms with Crippen LogP contribution in [0.3, 0.4) is 0 Å². The molecule has 0 unspecified atom stereocenters. The van der Waals surface area contributed by atoms with Crippen molar-refractivity contribution in [3.05, 3.63) is 30.5 Å². The maximum atomic E-state index is 12.0. The molecular formula is C16H20N2O3. The first-order valence-electron chi connectivity index (χ1n) is 6.78. The quantitative estimate of drug-likeness (QED) is 0.931. The van der Waals surface area contributed by atoms with Crippen LogP contribution in [0.1, 0.15) is 27.2 Å². The molecule has 0 bridgehead atoms. The van der Waals surface area contributed by atoms with Gasteiger partial charge in [0.25, 0.3) is 0 Å². The van der Waals surface area contributed by atoms with E-state index in [1.807, 2.05) is 45.0 Å². The molecule has 0 spiro atoms. The maximum Gasteiger partial charge on any atom is 0.239 e. The molecule has 2 rings (SSSR count). The van der Waals surface area contributed by atoms with Crippen molar-refractivity contribution in [3.63, 3.8) is 0 Å². The molecule has 21 heavy (non-hydrogen) atoms. The van der Waals surface area contributed by atoms with Gasteiger partial charge in [0.15, 0.2) is 0 Å². The van der Waals surface area contributed by atoms with E-state index in [1.165, 1.54) is 0 Å². The van der Waals surface area contributed by atoms with Crippen LogP contribution in [0.4, 0.5) is 5.88 Å².